The van der Waals surface area contributed by atoms with Gasteiger partial charge in [0.25, 0.3) is 0 Å². The number of hydrogen-bond donors (Lipinski definition) is 0. The molecule has 0 spiro atoms. The van der Waals surface area contributed by atoms with E-state index in [2.05, 4.69) is 4.98 Å². The van der Waals surface area contributed by atoms with E-state index in [9.17, 15) is 4.79 Å². The van der Waals surface area contributed by atoms with Gasteiger partial charge in [-0.3, -0.25) is 9.78 Å². The molecule has 4 heteroatoms. The third-order valence-corrected chi connectivity index (χ3v) is 3.83. The molecule has 1 aliphatic rings. The molecule has 1 aromatic heterocycles. The van der Waals surface area contributed by atoms with Crippen molar-refractivity contribution >= 4 is 12.0 Å². The van der Waals surface area contributed by atoms with E-state index >= 15 is 0 Å². The van der Waals surface area contributed by atoms with Crippen molar-refractivity contribution in [3.63, 3.8) is 0 Å². The minimum atomic E-state index is -0.0767. The van der Waals surface area contributed by atoms with Gasteiger partial charge in [0.05, 0.1) is 18.3 Å². The summed E-state index contributed by atoms with van der Waals surface area (Å²) >= 11 is 0. The standard InChI is InChI=1S/C19H20N2O2/c1-15-13-21(14-18(23-15)16-7-3-2-4-8-16)19(22)11-10-17-9-5-6-12-20-17/h2-12,15,18H,13-14H2,1H3. The van der Waals surface area contributed by atoms with Crippen molar-refractivity contribution in [2.24, 2.45) is 0 Å². The zero-order valence-corrected chi connectivity index (χ0v) is 13.1. The van der Waals surface area contributed by atoms with Crippen LogP contribution in [0.25, 0.3) is 6.08 Å². The van der Waals surface area contributed by atoms with Crippen molar-refractivity contribution in [3.05, 3.63) is 72.1 Å². The first-order valence-electron chi connectivity index (χ1n) is 7.81. The lowest BCUT2D eigenvalue weighted by Crippen LogP contribution is -2.45. The molecule has 1 amide bonds. The molecule has 2 unspecified atom stereocenters. The molecular weight excluding hydrogens is 288 g/mol. The van der Waals surface area contributed by atoms with Crippen LogP contribution in [0.4, 0.5) is 0 Å². The summed E-state index contributed by atoms with van der Waals surface area (Å²) < 4.78 is 5.99. The molecule has 2 aromatic rings. The Morgan fingerprint density at radius 1 is 1.17 bits per heavy atom. The first kappa shape index (κ1) is 15.4. The largest absolute Gasteiger partial charge is 0.367 e. The van der Waals surface area contributed by atoms with Crippen LogP contribution in [0, 0.1) is 0 Å². The number of hydrogen-bond acceptors (Lipinski definition) is 3. The zero-order valence-electron chi connectivity index (χ0n) is 13.1. The van der Waals surface area contributed by atoms with E-state index in [1.54, 1.807) is 18.3 Å². The fraction of sp³-hybridized carbons (Fsp3) is 0.263. The number of pyridine rings is 1. The number of benzene rings is 1. The summed E-state index contributed by atoms with van der Waals surface area (Å²) in [6, 6.07) is 15.7. The number of amides is 1. The lowest BCUT2D eigenvalue weighted by Gasteiger charge is -2.36. The Bertz CT molecular complexity index is 670. The van der Waals surface area contributed by atoms with Gasteiger partial charge in [-0.2, -0.15) is 0 Å². The Labute approximate surface area is 136 Å². The quantitative estimate of drug-likeness (QED) is 0.818. The predicted octanol–water partition coefficient (Wildman–Crippen LogP) is 3.08. The second-order valence-corrected chi connectivity index (χ2v) is 5.68. The van der Waals surface area contributed by atoms with E-state index in [1.807, 2.05) is 60.4 Å². The maximum absolute atomic E-state index is 12.4. The lowest BCUT2D eigenvalue weighted by atomic mass is 10.1. The predicted molar refractivity (Wildman–Crippen MR) is 89.6 cm³/mol. The van der Waals surface area contributed by atoms with Gasteiger partial charge in [-0.25, -0.2) is 0 Å². The summed E-state index contributed by atoms with van der Waals surface area (Å²) in [5.41, 5.74) is 1.88. The number of rotatable bonds is 3. The lowest BCUT2D eigenvalue weighted by molar-refractivity contribution is -0.139. The van der Waals surface area contributed by atoms with Crippen molar-refractivity contribution in [1.29, 1.82) is 0 Å². The summed E-state index contributed by atoms with van der Waals surface area (Å²) in [6.45, 7) is 3.17. The molecule has 1 aromatic carbocycles. The van der Waals surface area contributed by atoms with Crippen LogP contribution in [0.2, 0.25) is 0 Å². The molecule has 2 atom stereocenters. The Hall–Kier alpha value is -2.46. The third kappa shape index (κ3) is 4.05. The van der Waals surface area contributed by atoms with E-state index in [0.29, 0.717) is 13.1 Å². The third-order valence-electron chi connectivity index (χ3n) is 3.83. The van der Waals surface area contributed by atoms with E-state index < -0.39 is 0 Å². The number of nitrogens with zero attached hydrogens (tertiary/aromatic N) is 2. The van der Waals surface area contributed by atoms with Crippen molar-refractivity contribution in [1.82, 2.24) is 9.88 Å². The Balaban J connectivity index is 1.69. The van der Waals surface area contributed by atoms with Gasteiger partial charge in [-0.15, -0.1) is 0 Å². The summed E-state index contributed by atoms with van der Waals surface area (Å²) in [7, 11) is 0. The van der Waals surface area contributed by atoms with Gasteiger partial charge in [0.1, 0.15) is 6.10 Å². The van der Waals surface area contributed by atoms with E-state index in [1.165, 1.54) is 0 Å². The Morgan fingerprint density at radius 2 is 1.96 bits per heavy atom. The maximum atomic E-state index is 12.4. The molecule has 1 fully saturated rings. The van der Waals surface area contributed by atoms with Crippen molar-refractivity contribution in [2.45, 2.75) is 19.1 Å². The second-order valence-electron chi connectivity index (χ2n) is 5.68. The zero-order chi connectivity index (χ0) is 16.1. The summed E-state index contributed by atoms with van der Waals surface area (Å²) in [5, 5.41) is 0. The highest BCUT2D eigenvalue weighted by Crippen LogP contribution is 2.25. The maximum Gasteiger partial charge on any atom is 0.246 e. The van der Waals surface area contributed by atoms with Crippen molar-refractivity contribution in [2.75, 3.05) is 13.1 Å². The Kier molecular flexibility index (Phi) is 4.83. The molecule has 1 aliphatic heterocycles. The SMILES string of the molecule is CC1CN(C(=O)C=Cc2ccccn2)CC(c2ccccc2)O1. The normalized spacial score (nSPS) is 21.5. The van der Waals surface area contributed by atoms with Crippen LogP contribution in [0.15, 0.2) is 60.8 Å². The van der Waals surface area contributed by atoms with Gasteiger partial charge >= 0.3 is 0 Å². The van der Waals surface area contributed by atoms with Crippen LogP contribution in [0.1, 0.15) is 24.3 Å². The highest BCUT2D eigenvalue weighted by atomic mass is 16.5. The van der Waals surface area contributed by atoms with Gasteiger partial charge < -0.3 is 9.64 Å². The van der Waals surface area contributed by atoms with Crippen LogP contribution >= 0.6 is 0 Å². The van der Waals surface area contributed by atoms with Gasteiger partial charge in [0.2, 0.25) is 5.91 Å². The monoisotopic (exact) mass is 308 g/mol. The molecule has 118 valence electrons. The number of carbonyl (C=O) groups excluding carboxylic acids is 1. The topological polar surface area (TPSA) is 42.4 Å². The molecule has 3 rings (SSSR count). The number of morpholine rings is 1. The first-order chi connectivity index (χ1) is 11.2. The molecule has 0 aliphatic carbocycles. The molecule has 0 bridgehead atoms. The average molecular weight is 308 g/mol. The van der Waals surface area contributed by atoms with Crippen LogP contribution < -0.4 is 0 Å². The minimum absolute atomic E-state index is 0.00765. The molecule has 4 nitrogen and oxygen atoms in total. The first-order valence-corrected chi connectivity index (χ1v) is 7.81. The molecular formula is C19H20N2O2. The summed E-state index contributed by atoms with van der Waals surface area (Å²) in [5.74, 6) is -0.00765. The van der Waals surface area contributed by atoms with Crippen molar-refractivity contribution in [3.8, 4) is 0 Å². The fourth-order valence-corrected chi connectivity index (χ4v) is 2.72. The molecule has 23 heavy (non-hydrogen) atoms. The number of carbonyl (C=O) groups is 1. The van der Waals surface area contributed by atoms with Crippen molar-refractivity contribution < 1.29 is 9.53 Å². The van der Waals surface area contributed by atoms with Crippen LogP contribution in [0.3, 0.4) is 0 Å². The molecule has 0 saturated carbocycles. The van der Waals surface area contributed by atoms with E-state index in [4.69, 9.17) is 4.74 Å². The van der Waals surface area contributed by atoms with Crippen LogP contribution in [-0.4, -0.2) is 35.0 Å². The number of aromatic nitrogens is 1. The number of ether oxygens (including phenoxy) is 1. The van der Waals surface area contributed by atoms with Crippen LogP contribution in [0.5, 0.6) is 0 Å². The van der Waals surface area contributed by atoms with Gasteiger partial charge in [0, 0.05) is 18.8 Å². The molecule has 2 heterocycles. The fourth-order valence-electron chi connectivity index (χ4n) is 2.72. The molecule has 0 radical (unpaired) electrons. The molecule has 0 N–H and O–H groups in total. The van der Waals surface area contributed by atoms with Gasteiger partial charge in [0.15, 0.2) is 0 Å². The highest BCUT2D eigenvalue weighted by molar-refractivity contribution is 5.91. The average Bonchev–Trinajstić information content (AvgIpc) is 2.61. The highest BCUT2D eigenvalue weighted by Gasteiger charge is 2.28. The minimum Gasteiger partial charge on any atom is -0.367 e. The molecule has 1 saturated heterocycles. The van der Waals surface area contributed by atoms with Crippen LogP contribution in [-0.2, 0) is 9.53 Å². The summed E-state index contributed by atoms with van der Waals surface area (Å²) in [6.07, 6.45) is 4.99. The summed E-state index contributed by atoms with van der Waals surface area (Å²) in [4.78, 5) is 18.5. The van der Waals surface area contributed by atoms with Gasteiger partial charge in [-0.05, 0) is 30.7 Å². The smallest absolute Gasteiger partial charge is 0.246 e. The van der Waals surface area contributed by atoms with E-state index in [0.717, 1.165) is 11.3 Å². The van der Waals surface area contributed by atoms with Gasteiger partial charge in [-0.1, -0.05) is 36.4 Å². The second kappa shape index (κ2) is 7.20. The van der Waals surface area contributed by atoms with E-state index in [-0.39, 0.29) is 18.1 Å². The Morgan fingerprint density at radius 3 is 2.70 bits per heavy atom.